The number of carbonyl (C=O) groups is 1. The van der Waals surface area contributed by atoms with Crippen molar-refractivity contribution in [3.05, 3.63) is 86.5 Å². The van der Waals surface area contributed by atoms with E-state index in [2.05, 4.69) is 44.5 Å². The summed E-state index contributed by atoms with van der Waals surface area (Å²) in [5, 5.41) is 3.42. The molecule has 1 aliphatic rings. The van der Waals surface area contributed by atoms with Gasteiger partial charge in [0.05, 0.1) is 10.9 Å². The highest BCUT2D eigenvalue weighted by molar-refractivity contribution is 7.98. The number of aromatic nitrogens is 2. The molecule has 0 saturated heterocycles. The smallest absolute Gasteiger partial charge is 0.261 e. The molecule has 6 nitrogen and oxygen atoms in total. The zero-order chi connectivity index (χ0) is 22.1. The number of benzene rings is 2. The third-order valence-corrected chi connectivity index (χ3v) is 7.53. The standard InChI is InChI=1S/C24H22N4O2S2/c1-31-18-10-6-5-9-17(18)21(29)25-24-26-22(30)20-16-11-12-28(13-15-7-3-2-4-8-15)14-19(16)32-23(20)27-24/h2-10H,11-14H2,1H3,(H2,25,26,27,29,30). The van der Waals surface area contributed by atoms with Crippen molar-refractivity contribution in [2.75, 3.05) is 18.1 Å². The lowest BCUT2D eigenvalue weighted by Crippen LogP contribution is -2.29. The van der Waals surface area contributed by atoms with Crippen LogP contribution in [0.4, 0.5) is 5.95 Å². The van der Waals surface area contributed by atoms with Crippen molar-refractivity contribution < 1.29 is 4.79 Å². The summed E-state index contributed by atoms with van der Waals surface area (Å²) in [6.45, 7) is 2.58. The molecule has 0 aliphatic carbocycles. The fourth-order valence-corrected chi connectivity index (χ4v) is 5.96. The van der Waals surface area contributed by atoms with E-state index in [1.165, 1.54) is 22.2 Å². The van der Waals surface area contributed by atoms with Crippen LogP contribution in [0.3, 0.4) is 0 Å². The first kappa shape index (κ1) is 20.9. The second-order valence-corrected chi connectivity index (χ2v) is 9.63. The van der Waals surface area contributed by atoms with Gasteiger partial charge in [-0.3, -0.25) is 24.8 Å². The van der Waals surface area contributed by atoms with Gasteiger partial charge in [-0.05, 0) is 35.9 Å². The van der Waals surface area contributed by atoms with Crippen molar-refractivity contribution in [1.82, 2.24) is 14.9 Å². The molecule has 0 saturated carbocycles. The Morgan fingerprint density at radius 3 is 2.78 bits per heavy atom. The van der Waals surface area contributed by atoms with Gasteiger partial charge in [-0.25, -0.2) is 4.98 Å². The minimum atomic E-state index is -0.284. The summed E-state index contributed by atoms with van der Waals surface area (Å²) in [6, 6.07) is 17.8. The number of fused-ring (bicyclic) bond motifs is 3. The molecule has 0 atom stereocenters. The summed E-state index contributed by atoms with van der Waals surface area (Å²) in [7, 11) is 0. The van der Waals surface area contributed by atoms with Gasteiger partial charge < -0.3 is 0 Å². The van der Waals surface area contributed by atoms with E-state index in [0.717, 1.165) is 36.5 Å². The largest absolute Gasteiger partial charge is 0.294 e. The van der Waals surface area contributed by atoms with Gasteiger partial charge in [0, 0.05) is 29.4 Å². The van der Waals surface area contributed by atoms with E-state index in [9.17, 15) is 9.59 Å². The van der Waals surface area contributed by atoms with Crippen LogP contribution >= 0.6 is 23.1 Å². The van der Waals surface area contributed by atoms with Crippen LogP contribution < -0.4 is 10.9 Å². The SMILES string of the molecule is CSc1ccccc1C(=O)Nc1nc2sc3c(c2c(=O)[nH]1)CCN(Cc1ccccc1)C3. The number of rotatable bonds is 5. The fourth-order valence-electron chi connectivity index (χ4n) is 4.10. The monoisotopic (exact) mass is 462 g/mol. The molecule has 2 aromatic heterocycles. The topological polar surface area (TPSA) is 78.1 Å². The van der Waals surface area contributed by atoms with Crippen molar-refractivity contribution in [2.24, 2.45) is 0 Å². The summed E-state index contributed by atoms with van der Waals surface area (Å²) < 4.78 is 0. The maximum absolute atomic E-state index is 12.9. The fraction of sp³-hybridized carbons (Fsp3) is 0.208. The van der Waals surface area contributed by atoms with Crippen molar-refractivity contribution in [3.8, 4) is 0 Å². The lowest BCUT2D eigenvalue weighted by Gasteiger charge is -2.26. The second-order valence-electron chi connectivity index (χ2n) is 7.70. The van der Waals surface area contributed by atoms with Gasteiger partial charge in [-0.1, -0.05) is 42.5 Å². The van der Waals surface area contributed by atoms with E-state index in [1.807, 2.05) is 30.5 Å². The van der Waals surface area contributed by atoms with Gasteiger partial charge >= 0.3 is 0 Å². The summed E-state index contributed by atoms with van der Waals surface area (Å²) in [4.78, 5) is 38.1. The molecular formula is C24H22N4O2S2. The Kier molecular flexibility index (Phi) is 5.82. The number of hydrogen-bond acceptors (Lipinski definition) is 6. The molecule has 1 amide bonds. The first-order valence-corrected chi connectivity index (χ1v) is 12.4. The van der Waals surface area contributed by atoms with E-state index < -0.39 is 0 Å². The van der Waals surface area contributed by atoms with E-state index in [1.54, 1.807) is 17.4 Å². The first-order valence-electron chi connectivity index (χ1n) is 10.4. The number of H-pyrrole nitrogens is 1. The minimum Gasteiger partial charge on any atom is -0.294 e. The Balaban J connectivity index is 1.40. The van der Waals surface area contributed by atoms with Crippen molar-refractivity contribution in [2.45, 2.75) is 24.4 Å². The third-order valence-electron chi connectivity index (χ3n) is 5.62. The number of nitrogens with zero attached hydrogens (tertiary/aromatic N) is 2. The Labute approximate surface area is 193 Å². The highest BCUT2D eigenvalue weighted by Crippen LogP contribution is 2.33. The molecule has 2 aromatic carbocycles. The van der Waals surface area contributed by atoms with Crippen LogP contribution in [-0.2, 0) is 19.5 Å². The molecule has 1 aliphatic heterocycles. The van der Waals surface area contributed by atoms with Crippen LogP contribution in [-0.4, -0.2) is 33.6 Å². The number of thioether (sulfide) groups is 1. The van der Waals surface area contributed by atoms with Crippen LogP contribution in [0.2, 0.25) is 0 Å². The number of amides is 1. The lowest BCUT2D eigenvalue weighted by molar-refractivity contribution is 0.102. The van der Waals surface area contributed by atoms with E-state index in [4.69, 9.17) is 0 Å². The molecular weight excluding hydrogens is 440 g/mol. The highest BCUT2D eigenvalue weighted by Gasteiger charge is 2.24. The molecule has 2 N–H and O–H groups in total. The molecule has 3 heterocycles. The molecule has 8 heteroatoms. The van der Waals surface area contributed by atoms with Crippen molar-refractivity contribution in [1.29, 1.82) is 0 Å². The minimum absolute atomic E-state index is 0.183. The number of aromatic amines is 1. The van der Waals surface area contributed by atoms with Gasteiger partial charge in [-0.15, -0.1) is 23.1 Å². The van der Waals surface area contributed by atoms with Gasteiger partial charge in [0.25, 0.3) is 11.5 Å². The zero-order valence-corrected chi connectivity index (χ0v) is 19.2. The first-order chi connectivity index (χ1) is 15.6. The van der Waals surface area contributed by atoms with Crippen LogP contribution in [0.25, 0.3) is 10.2 Å². The second kappa shape index (κ2) is 8.90. The van der Waals surface area contributed by atoms with Gasteiger partial charge in [0.1, 0.15) is 4.83 Å². The Hall–Kier alpha value is -2.94. The predicted molar refractivity (Wildman–Crippen MR) is 131 cm³/mol. The summed E-state index contributed by atoms with van der Waals surface area (Å²) in [6.07, 6.45) is 2.75. The number of nitrogens with one attached hydrogen (secondary N) is 2. The lowest BCUT2D eigenvalue weighted by atomic mass is 10.0. The molecule has 162 valence electrons. The van der Waals surface area contributed by atoms with Crippen LogP contribution in [0.15, 0.2) is 64.3 Å². The summed E-state index contributed by atoms with van der Waals surface area (Å²) in [5.74, 6) is -0.101. The number of hydrogen-bond donors (Lipinski definition) is 2. The number of thiophene rings is 1. The molecule has 0 radical (unpaired) electrons. The number of anilines is 1. The van der Waals surface area contributed by atoms with Gasteiger partial charge in [-0.2, -0.15) is 0 Å². The van der Waals surface area contributed by atoms with Gasteiger partial charge in [0.15, 0.2) is 0 Å². The van der Waals surface area contributed by atoms with Crippen molar-refractivity contribution >= 4 is 45.2 Å². The highest BCUT2D eigenvalue weighted by atomic mass is 32.2. The molecule has 5 rings (SSSR count). The van der Waals surface area contributed by atoms with Crippen molar-refractivity contribution in [3.63, 3.8) is 0 Å². The molecule has 4 aromatic rings. The Morgan fingerprint density at radius 1 is 1.19 bits per heavy atom. The normalized spacial score (nSPS) is 13.8. The molecule has 32 heavy (non-hydrogen) atoms. The molecule has 0 bridgehead atoms. The van der Waals surface area contributed by atoms with E-state index in [0.29, 0.717) is 15.8 Å². The number of carbonyl (C=O) groups excluding carboxylic acids is 1. The maximum atomic E-state index is 12.9. The Bertz CT molecular complexity index is 1350. The quantitative estimate of drug-likeness (QED) is 0.427. The van der Waals surface area contributed by atoms with Crippen LogP contribution in [0, 0.1) is 0 Å². The average molecular weight is 463 g/mol. The Morgan fingerprint density at radius 2 is 1.97 bits per heavy atom. The molecule has 0 fully saturated rings. The van der Waals surface area contributed by atoms with Crippen LogP contribution in [0.5, 0.6) is 0 Å². The molecule has 0 spiro atoms. The average Bonchev–Trinajstić information content (AvgIpc) is 3.17. The van der Waals surface area contributed by atoms with E-state index in [-0.39, 0.29) is 17.4 Å². The maximum Gasteiger partial charge on any atom is 0.261 e. The predicted octanol–water partition coefficient (Wildman–Crippen LogP) is 4.52. The third kappa shape index (κ3) is 4.09. The van der Waals surface area contributed by atoms with Crippen LogP contribution in [0.1, 0.15) is 26.4 Å². The van der Waals surface area contributed by atoms with E-state index >= 15 is 0 Å². The zero-order valence-electron chi connectivity index (χ0n) is 17.6. The van der Waals surface area contributed by atoms with Gasteiger partial charge in [0.2, 0.25) is 5.95 Å². The summed E-state index contributed by atoms with van der Waals surface area (Å²) in [5.41, 5.74) is 2.74. The summed E-state index contributed by atoms with van der Waals surface area (Å²) >= 11 is 3.05. The molecule has 0 unspecified atom stereocenters.